The van der Waals surface area contributed by atoms with Crippen LogP contribution in [0.3, 0.4) is 0 Å². The molecule has 3 atom stereocenters. The van der Waals surface area contributed by atoms with E-state index >= 15 is 0 Å². The number of nitrogens with zero attached hydrogens (tertiary/aromatic N) is 2. The molecule has 10 heteroatoms. The van der Waals surface area contributed by atoms with Crippen LogP contribution in [0.5, 0.6) is 5.75 Å². The van der Waals surface area contributed by atoms with Gasteiger partial charge in [0.1, 0.15) is 23.0 Å². The first kappa shape index (κ1) is 20.6. The standard InChI is InChI=1S/C22H20F3N3O4/c23-11-5-15(24)13(16(25)6-11)7-26-21(31)14-8-27-9-17-10-2-1-3-12(4-10)28(17)22(32)18(27)20(30)19(14)29/h5-6,8,10,12,17,30H,1-4,7,9H2,(H,26,31)/t10-,12+,17?/m1/s1. The summed E-state index contributed by atoms with van der Waals surface area (Å²) in [6.45, 7) is -0.282. The van der Waals surface area contributed by atoms with Crippen LogP contribution in [0.1, 0.15) is 52.1 Å². The van der Waals surface area contributed by atoms with Gasteiger partial charge in [-0.1, -0.05) is 6.42 Å². The summed E-state index contributed by atoms with van der Waals surface area (Å²) in [5.74, 6) is -5.33. The minimum atomic E-state index is -1.18. The minimum Gasteiger partial charge on any atom is -0.503 e. The number of halogens is 3. The van der Waals surface area contributed by atoms with Gasteiger partial charge in [0.2, 0.25) is 5.43 Å². The zero-order valence-corrected chi connectivity index (χ0v) is 16.9. The van der Waals surface area contributed by atoms with Gasteiger partial charge in [0.15, 0.2) is 11.4 Å². The maximum Gasteiger partial charge on any atom is 0.275 e. The normalized spacial score (nSPS) is 23.7. The van der Waals surface area contributed by atoms with Crippen LogP contribution < -0.4 is 10.7 Å². The maximum absolute atomic E-state index is 13.8. The van der Waals surface area contributed by atoms with Crippen LogP contribution in [-0.4, -0.2) is 38.5 Å². The first-order valence-electron chi connectivity index (χ1n) is 10.5. The van der Waals surface area contributed by atoms with E-state index in [4.69, 9.17) is 0 Å². The van der Waals surface area contributed by atoms with Gasteiger partial charge in [-0.3, -0.25) is 14.4 Å². The number of nitrogens with one attached hydrogen (secondary N) is 1. The molecule has 168 valence electrons. The smallest absolute Gasteiger partial charge is 0.275 e. The van der Waals surface area contributed by atoms with Crippen molar-refractivity contribution in [3.8, 4) is 5.75 Å². The van der Waals surface area contributed by atoms with Crippen molar-refractivity contribution in [1.82, 2.24) is 14.8 Å². The Balaban J connectivity index is 1.45. The molecule has 1 saturated heterocycles. The summed E-state index contributed by atoms with van der Waals surface area (Å²) in [5, 5.41) is 12.7. The van der Waals surface area contributed by atoms with Crippen LogP contribution in [0.2, 0.25) is 0 Å². The van der Waals surface area contributed by atoms with Crippen molar-refractivity contribution < 1.29 is 27.9 Å². The van der Waals surface area contributed by atoms with Crippen molar-refractivity contribution in [3.05, 3.63) is 62.8 Å². The summed E-state index contributed by atoms with van der Waals surface area (Å²) >= 11 is 0. The quantitative estimate of drug-likeness (QED) is 0.756. The van der Waals surface area contributed by atoms with Crippen molar-refractivity contribution in [2.45, 2.75) is 50.9 Å². The van der Waals surface area contributed by atoms with Crippen molar-refractivity contribution in [1.29, 1.82) is 0 Å². The third-order valence-corrected chi connectivity index (χ3v) is 6.84. The molecule has 32 heavy (non-hydrogen) atoms. The van der Waals surface area contributed by atoms with Crippen molar-refractivity contribution in [2.24, 2.45) is 5.92 Å². The molecule has 2 amide bonds. The van der Waals surface area contributed by atoms with Gasteiger partial charge in [-0.2, -0.15) is 0 Å². The number of aromatic hydroxyl groups is 1. The Morgan fingerprint density at radius 3 is 2.59 bits per heavy atom. The Morgan fingerprint density at radius 2 is 1.88 bits per heavy atom. The highest BCUT2D eigenvalue weighted by molar-refractivity contribution is 5.99. The van der Waals surface area contributed by atoms with E-state index < -0.39 is 58.1 Å². The van der Waals surface area contributed by atoms with Crippen LogP contribution in [-0.2, 0) is 13.1 Å². The molecule has 2 aromatic rings. The lowest BCUT2D eigenvalue weighted by Crippen LogP contribution is -2.49. The molecule has 3 aliphatic rings. The summed E-state index contributed by atoms with van der Waals surface area (Å²) in [6, 6.07) is 1.000. The highest BCUT2D eigenvalue weighted by Gasteiger charge is 2.49. The molecule has 0 spiro atoms. The minimum absolute atomic E-state index is 0.0669. The number of amides is 2. The molecule has 7 nitrogen and oxygen atoms in total. The van der Waals surface area contributed by atoms with Crippen LogP contribution in [0.4, 0.5) is 13.2 Å². The van der Waals surface area contributed by atoms with Gasteiger partial charge in [0.05, 0.1) is 6.04 Å². The Labute approximate surface area is 180 Å². The molecule has 5 rings (SSSR count). The van der Waals surface area contributed by atoms with Crippen LogP contribution in [0, 0.1) is 23.4 Å². The predicted molar refractivity (Wildman–Crippen MR) is 106 cm³/mol. The average molecular weight is 447 g/mol. The molecular weight excluding hydrogens is 427 g/mol. The highest BCUT2D eigenvalue weighted by Crippen LogP contribution is 2.44. The van der Waals surface area contributed by atoms with E-state index in [0.717, 1.165) is 25.7 Å². The van der Waals surface area contributed by atoms with Gasteiger partial charge < -0.3 is 19.9 Å². The lowest BCUT2D eigenvalue weighted by Gasteiger charge is -2.36. The molecule has 1 unspecified atom stereocenters. The first-order chi connectivity index (χ1) is 15.3. The molecular formula is C22H20F3N3O4. The van der Waals surface area contributed by atoms with E-state index in [1.807, 2.05) is 0 Å². The van der Waals surface area contributed by atoms with E-state index in [1.54, 1.807) is 4.90 Å². The Hall–Kier alpha value is -3.30. The van der Waals surface area contributed by atoms with E-state index in [9.17, 15) is 32.7 Å². The fourth-order valence-corrected chi connectivity index (χ4v) is 5.36. The summed E-state index contributed by atoms with van der Waals surface area (Å²) in [6.07, 6.45) is 4.99. The van der Waals surface area contributed by atoms with E-state index in [1.165, 1.54) is 10.8 Å². The number of pyridine rings is 1. The second-order valence-corrected chi connectivity index (χ2v) is 8.61. The van der Waals surface area contributed by atoms with Gasteiger partial charge in [-0.05, 0) is 25.2 Å². The average Bonchev–Trinajstić information content (AvgIpc) is 2.99. The van der Waals surface area contributed by atoms with E-state index in [0.29, 0.717) is 24.6 Å². The number of carbonyl (C=O) groups is 2. The molecule has 0 radical (unpaired) electrons. The van der Waals surface area contributed by atoms with Crippen LogP contribution >= 0.6 is 0 Å². The first-order valence-corrected chi connectivity index (χ1v) is 10.5. The summed E-state index contributed by atoms with van der Waals surface area (Å²) in [7, 11) is 0. The zero-order valence-electron chi connectivity index (χ0n) is 16.9. The highest BCUT2D eigenvalue weighted by atomic mass is 19.1. The summed E-state index contributed by atoms with van der Waals surface area (Å²) in [4.78, 5) is 40.1. The number of hydrogen-bond donors (Lipinski definition) is 2. The molecule has 1 saturated carbocycles. The number of benzene rings is 1. The number of carbonyl (C=O) groups excluding carboxylic acids is 2. The predicted octanol–water partition coefficient (Wildman–Crippen LogP) is 2.30. The lowest BCUT2D eigenvalue weighted by atomic mass is 9.87. The number of fused-ring (bicyclic) bond motifs is 6. The molecule has 1 aromatic heterocycles. The number of rotatable bonds is 3. The zero-order chi connectivity index (χ0) is 22.7. The lowest BCUT2D eigenvalue weighted by molar-refractivity contribution is 0.0568. The monoisotopic (exact) mass is 447 g/mol. The Morgan fingerprint density at radius 1 is 1.16 bits per heavy atom. The summed E-state index contributed by atoms with van der Waals surface area (Å²) in [5.41, 5.74) is -2.20. The topological polar surface area (TPSA) is 91.6 Å². The van der Waals surface area contributed by atoms with Crippen molar-refractivity contribution in [3.63, 3.8) is 0 Å². The SMILES string of the molecule is O=C(NCc1c(F)cc(F)cc1F)c1cn2c(c(O)c1=O)C(=O)N1C(C2)[C@@H]2CCC[C@H]1C2. The molecule has 3 heterocycles. The van der Waals surface area contributed by atoms with Crippen LogP contribution in [0.15, 0.2) is 23.1 Å². The molecule has 2 aliphatic heterocycles. The number of hydrogen-bond acceptors (Lipinski definition) is 4. The van der Waals surface area contributed by atoms with Gasteiger partial charge >= 0.3 is 0 Å². The van der Waals surface area contributed by atoms with Crippen LogP contribution in [0.25, 0.3) is 0 Å². The third kappa shape index (κ3) is 3.08. The van der Waals surface area contributed by atoms with Gasteiger partial charge in [-0.15, -0.1) is 0 Å². The molecule has 2 bridgehead atoms. The Kier molecular flexibility index (Phi) is 4.75. The fourth-order valence-electron chi connectivity index (χ4n) is 5.36. The van der Waals surface area contributed by atoms with Gasteiger partial charge in [-0.25, -0.2) is 13.2 Å². The van der Waals surface area contributed by atoms with E-state index in [2.05, 4.69) is 5.32 Å². The maximum atomic E-state index is 13.8. The third-order valence-electron chi connectivity index (χ3n) is 6.84. The molecule has 1 aromatic carbocycles. The van der Waals surface area contributed by atoms with E-state index in [-0.39, 0.29) is 17.8 Å². The molecule has 2 N–H and O–H groups in total. The second-order valence-electron chi connectivity index (χ2n) is 8.61. The van der Waals surface area contributed by atoms with Gasteiger partial charge in [0.25, 0.3) is 11.8 Å². The largest absolute Gasteiger partial charge is 0.503 e. The molecule has 2 fully saturated rings. The summed E-state index contributed by atoms with van der Waals surface area (Å²) < 4.78 is 42.1. The van der Waals surface area contributed by atoms with Gasteiger partial charge in [0, 0.05) is 43.0 Å². The second kappa shape index (κ2) is 7.39. The Bertz CT molecular complexity index is 1190. The number of aromatic nitrogens is 1. The van der Waals surface area contributed by atoms with Crippen molar-refractivity contribution >= 4 is 11.8 Å². The fraction of sp³-hybridized carbons (Fsp3) is 0.409. The molecule has 1 aliphatic carbocycles. The van der Waals surface area contributed by atoms with Crippen molar-refractivity contribution in [2.75, 3.05) is 0 Å².